The van der Waals surface area contributed by atoms with Gasteiger partial charge in [0, 0.05) is 40.2 Å². The molecule has 1 aliphatic carbocycles. The van der Waals surface area contributed by atoms with Gasteiger partial charge in [-0.3, -0.25) is 9.69 Å². The minimum Gasteiger partial charge on any atom is -0.348 e. The second-order valence-electron chi connectivity index (χ2n) is 5.34. The molecule has 1 aromatic carbocycles. The largest absolute Gasteiger partial charge is 0.348 e. The normalized spacial score (nSPS) is 23.6. The van der Waals surface area contributed by atoms with E-state index in [0.717, 1.165) is 30.0 Å². The van der Waals surface area contributed by atoms with Crippen LogP contribution in [0.4, 0.5) is 0 Å². The van der Waals surface area contributed by atoms with Crippen LogP contribution in [0.1, 0.15) is 29.6 Å². The molecule has 1 heterocycles. The first-order chi connectivity index (χ1) is 9.11. The van der Waals surface area contributed by atoms with E-state index in [2.05, 4.69) is 26.1 Å². The van der Waals surface area contributed by atoms with Gasteiger partial charge in [0.2, 0.25) is 0 Å². The number of rotatable bonds is 3. The number of hydrogen-bond acceptors (Lipinski definition) is 2. The summed E-state index contributed by atoms with van der Waals surface area (Å²) in [6.45, 7) is 2.09. The van der Waals surface area contributed by atoms with E-state index in [0.29, 0.717) is 10.6 Å². The van der Waals surface area contributed by atoms with Crippen molar-refractivity contribution in [2.24, 2.45) is 0 Å². The Morgan fingerprint density at radius 1 is 1.32 bits per heavy atom. The third-order valence-electron chi connectivity index (χ3n) is 3.74. The molecule has 1 N–H and O–H groups in total. The quantitative estimate of drug-likeness (QED) is 0.915. The lowest BCUT2D eigenvalue weighted by atomic mass is 10.2. The van der Waals surface area contributed by atoms with Gasteiger partial charge in [0.25, 0.3) is 5.91 Å². The molecule has 19 heavy (non-hydrogen) atoms. The Balaban J connectivity index is 1.61. The summed E-state index contributed by atoms with van der Waals surface area (Å²) in [5, 5.41) is 3.68. The number of nitrogens with one attached hydrogen (secondary N) is 1. The maximum Gasteiger partial charge on any atom is 0.251 e. The Bertz CT molecular complexity index is 484. The highest BCUT2D eigenvalue weighted by molar-refractivity contribution is 9.10. The number of carbonyl (C=O) groups is 1. The molecule has 2 aliphatic rings. The molecule has 1 saturated carbocycles. The van der Waals surface area contributed by atoms with Crippen LogP contribution in [0.2, 0.25) is 5.02 Å². The molecule has 0 radical (unpaired) electrons. The Hall–Kier alpha value is -0.580. The van der Waals surface area contributed by atoms with E-state index in [1.54, 1.807) is 18.2 Å². The lowest BCUT2D eigenvalue weighted by Crippen LogP contribution is -2.37. The van der Waals surface area contributed by atoms with Crippen LogP contribution in [-0.2, 0) is 0 Å². The fourth-order valence-corrected chi connectivity index (χ4v) is 3.49. The van der Waals surface area contributed by atoms with Crippen molar-refractivity contribution in [3.05, 3.63) is 33.3 Å². The minimum atomic E-state index is -0.0363. The number of carbonyl (C=O) groups excluding carboxylic acids is 1. The van der Waals surface area contributed by atoms with E-state index in [1.165, 1.54) is 12.8 Å². The fourth-order valence-electron chi connectivity index (χ4n) is 2.63. The van der Waals surface area contributed by atoms with E-state index in [4.69, 9.17) is 11.6 Å². The average Bonchev–Trinajstić information content (AvgIpc) is 3.09. The van der Waals surface area contributed by atoms with E-state index in [1.807, 2.05) is 0 Å². The fraction of sp³-hybridized carbons (Fsp3) is 0.500. The van der Waals surface area contributed by atoms with Crippen LogP contribution in [0.15, 0.2) is 22.7 Å². The molecule has 1 aliphatic heterocycles. The van der Waals surface area contributed by atoms with Gasteiger partial charge in [-0.15, -0.1) is 0 Å². The van der Waals surface area contributed by atoms with Gasteiger partial charge in [-0.25, -0.2) is 0 Å². The van der Waals surface area contributed by atoms with Crippen LogP contribution < -0.4 is 5.32 Å². The SMILES string of the molecule is O=C(NC1CCN(C2CC2)C1)c1cc(Cl)cc(Br)c1. The third kappa shape index (κ3) is 3.30. The highest BCUT2D eigenvalue weighted by Crippen LogP contribution is 2.30. The van der Waals surface area contributed by atoms with E-state index >= 15 is 0 Å². The van der Waals surface area contributed by atoms with Gasteiger partial charge in [-0.2, -0.15) is 0 Å². The zero-order valence-electron chi connectivity index (χ0n) is 10.5. The first-order valence-corrected chi connectivity index (χ1v) is 7.80. The van der Waals surface area contributed by atoms with Crippen LogP contribution in [0.25, 0.3) is 0 Å². The van der Waals surface area contributed by atoms with Gasteiger partial charge >= 0.3 is 0 Å². The second-order valence-corrected chi connectivity index (χ2v) is 6.70. The molecule has 3 nitrogen and oxygen atoms in total. The van der Waals surface area contributed by atoms with E-state index in [9.17, 15) is 4.79 Å². The molecule has 1 saturated heterocycles. The van der Waals surface area contributed by atoms with Crippen LogP contribution >= 0.6 is 27.5 Å². The third-order valence-corrected chi connectivity index (χ3v) is 4.42. The van der Waals surface area contributed by atoms with Gasteiger partial charge in [0.15, 0.2) is 0 Å². The molecule has 0 spiro atoms. The van der Waals surface area contributed by atoms with Gasteiger partial charge < -0.3 is 5.32 Å². The van der Waals surface area contributed by atoms with E-state index < -0.39 is 0 Å². The van der Waals surface area contributed by atoms with Crippen molar-refractivity contribution in [1.82, 2.24) is 10.2 Å². The molecule has 1 aromatic rings. The van der Waals surface area contributed by atoms with Crippen LogP contribution in [0.5, 0.6) is 0 Å². The van der Waals surface area contributed by atoms with Gasteiger partial charge in [-0.05, 0) is 37.5 Å². The first-order valence-electron chi connectivity index (χ1n) is 6.63. The zero-order valence-corrected chi connectivity index (χ0v) is 12.9. The van der Waals surface area contributed by atoms with Crippen molar-refractivity contribution in [3.8, 4) is 0 Å². The standard InChI is InChI=1S/C14H16BrClN2O/c15-10-5-9(6-11(16)7-10)14(19)17-12-3-4-18(8-12)13-1-2-13/h5-7,12-13H,1-4,8H2,(H,17,19). The van der Waals surface area contributed by atoms with Gasteiger partial charge in [-0.1, -0.05) is 27.5 Å². The van der Waals surface area contributed by atoms with Crippen molar-refractivity contribution in [2.75, 3.05) is 13.1 Å². The highest BCUT2D eigenvalue weighted by Gasteiger charge is 2.34. The Labute approximate surface area is 126 Å². The summed E-state index contributed by atoms with van der Waals surface area (Å²) in [5.74, 6) is -0.0363. The number of likely N-dealkylation sites (tertiary alicyclic amines) is 1. The molecular weight excluding hydrogens is 328 g/mol. The number of benzene rings is 1. The van der Waals surface area contributed by atoms with Crippen molar-refractivity contribution < 1.29 is 4.79 Å². The van der Waals surface area contributed by atoms with Crippen molar-refractivity contribution in [2.45, 2.75) is 31.3 Å². The lowest BCUT2D eigenvalue weighted by Gasteiger charge is -2.16. The summed E-state index contributed by atoms with van der Waals surface area (Å²) in [6.07, 6.45) is 3.69. The predicted molar refractivity (Wildman–Crippen MR) is 79.6 cm³/mol. The zero-order chi connectivity index (χ0) is 13.4. The molecule has 1 unspecified atom stereocenters. The van der Waals surface area contributed by atoms with Crippen molar-refractivity contribution >= 4 is 33.4 Å². The number of amides is 1. The monoisotopic (exact) mass is 342 g/mol. The molecule has 1 amide bonds. The Kier molecular flexibility index (Phi) is 3.83. The van der Waals surface area contributed by atoms with Crippen molar-refractivity contribution in [3.63, 3.8) is 0 Å². The summed E-state index contributed by atoms with van der Waals surface area (Å²) < 4.78 is 0.830. The van der Waals surface area contributed by atoms with Crippen LogP contribution in [-0.4, -0.2) is 36.0 Å². The van der Waals surface area contributed by atoms with Crippen LogP contribution in [0, 0.1) is 0 Å². The summed E-state index contributed by atoms with van der Waals surface area (Å²) in [7, 11) is 0. The first kappa shape index (κ1) is 13.4. The molecule has 5 heteroatoms. The average molecular weight is 344 g/mol. The van der Waals surface area contributed by atoms with Gasteiger partial charge in [0.1, 0.15) is 0 Å². The molecule has 0 aromatic heterocycles. The number of nitrogens with zero attached hydrogens (tertiary/aromatic N) is 1. The van der Waals surface area contributed by atoms with Crippen LogP contribution in [0.3, 0.4) is 0 Å². The maximum atomic E-state index is 12.2. The Morgan fingerprint density at radius 3 is 2.79 bits per heavy atom. The van der Waals surface area contributed by atoms with Gasteiger partial charge in [0.05, 0.1) is 0 Å². The predicted octanol–water partition coefficient (Wildman–Crippen LogP) is 3.07. The van der Waals surface area contributed by atoms with Crippen molar-refractivity contribution in [1.29, 1.82) is 0 Å². The minimum absolute atomic E-state index is 0.0363. The summed E-state index contributed by atoms with van der Waals surface area (Å²) in [6, 6.07) is 6.33. The summed E-state index contributed by atoms with van der Waals surface area (Å²) in [4.78, 5) is 14.7. The topological polar surface area (TPSA) is 32.3 Å². The molecule has 1 atom stereocenters. The molecule has 2 fully saturated rings. The molecule has 0 bridgehead atoms. The summed E-state index contributed by atoms with van der Waals surface area (Å²) in [5.41, 5.74) is 0.615. The Morgan fingerprint density at radius 2 is 2.11 bits per heavy atom. The highest BCUT2D eigenvalue weighted by atomic mass is 79.9. The number of hydrogen-bond donors (Lipinski definition) is 1. The number of halogens is 2. The summed E-state index contributed by atoms with van der Waals surface area (Å²) >= 11 is 9.32. The van der Waals surface area contributed by atoms with E-state index in [-0.39, 0.29) is 11.9 Å². The molecule has 3 rings (SSSR count). The molecular formula is C14H16BrClN2O. The lowest BCUT2D eigenvalue weighted by molar-refractivity contribution is 0.0937. The maximum absolute atomic E-state index is 12.2. The second kappa shape index (κ2) is 5.43. The molecule has 102 valence electrons. The smallest absolute Gasteiger partial charge is 0.251 e.